The Kier molecular flexibility index (Phi) is 3.60. The fourth-order valence-electron chi connectivity index (χ4n) is 4.44. The second-order valence-electron chi connectivity index (χ2n) is 6.82. The maximum atomic E-state index is 12.8. The van der Waals surface area contributed by atoms with Crippen LogP contribution in [-0.2, 0) is 9.59 Å². The van der Waals surface area contributed by atoms with E-state index in [4.69, 9.17) is 0 Å². The number of carbonyl (C=O) groups is 2. The van der Waals surface area contributed by atoms with E-state index in [0.29, 0.717) is 24.4 Å². The van der Waals surface area contributed by atoms with Gasteiger partial charge >= 0.3 is 0 Å². The van der Waals surface area contributed by atoms with Crippen molar-refractivity contribution in [3.8, 4) is 0 Å². The molecular weight excluding hydrogens is 284 g/mol. The second kappa shape index (κ2) is 5.77. The number of fused-ring (bicyclic) bond motifs is 2. The number of hydrogen-bond acceptors (Lipinski definition) is 2. The van der Waals surface area contributed by atoms with Gasteiger partial charge in [0, 0.05) is 36.5 Å². The molecule has 0 aromatic heterocycles. The van der Waals surface area contributed by atoms with Gasteiger partial charge < -0.3 is 0 Å². The molecule has 0 radical (unpaired) electrons. The van der Waals surface area contributed by atoms with Crippen molar-refractivity contribution in [2.45, 2.75) is 31.1 Å². The van der Waals surface area contributed by atoms with Crippen molar-refractivity contribution in [1.82, 2.24) is 0 Å². The third-order valence-electron chi connectivity index (χ3n) is 5.60. The van der Waals surface area contributed by atoms with Crippen molar-refractivity contribution >= 4 is 11.6 Å². The van der Waals surface area contributed by atoms with Gasteiger partial charge in [0.15, 0.2) is 0 Å². The second-order valence-corrected chi connectivity index (χ2v) is 6.82. The first-order valence-corrected chi connectivity index (χ1v) is 8.39. The standard InChI is InChI=1S/C21H20O2/c22-20-12-16(14-7-3-1-4-8-14)18-11-19(20)17(13-21(18)23)15-9-5-2-6-10-15/h1-10,16-19H,11-13H2/t16-,17-,18-,19+/m1/s1. The average Bonchev–Trinajstić information content (AvgIpc) is 2.61. The molecular formula is C21H20O2. The molecule has 116 valence electrons. The third kappa shape index (κ3) is 2.52. The first kappa shape index (κ1) is 14.4. The molecule has 23 heavy (non-hydrogen) atoms. The van der Waals surface area contributed by atoms with Crippen LogP contribution >= 0.6 is 0 Å². The largest absolute Gasteiger partial charge is 0.299 e. The molecule has 2 aliphatic rings. The summed E-state index contributed by atoms with van der Waals surface area (Å²) in [4.78, 5) is 25.5. The summed E-state index contributed by atoms with van der Waals surface area (Å²) in [6, 6.07) is 20.1. The number of rotatable bonds is 2. The zero-order valence-electron chi connectivity index (χ0n) is 13.0. The van der Waals surface area contributed by atoms with Crippen LogP contribution in [0.5, 0.6) is 0 Å². The summed E-state index contributed by atoms with van der Waals surface area (Å²) in [6.45, 7) is 0. The molecule has 2 aliphatic carbocycles. The summed E-state index contributed by atoms with van der Waals surface area (Å²) >= 11 is 0. The van der Waals surface area contributed by atoms with Gasteiger partial charge in [0.05, 0.1) is 0 Å². The van der Waals surface area contributed by atoms with E-state index >= 15 is 0 Å². The Bertz CT molecular complexity index is 657. The van der Waals surface area contributed by atoms with Crippen LogP contribution in [0.4, 0.5) is 0 Å². The monoisotopic (exact) mass is 304 g/mol. The molecule has 2 fully saturated rings. The first-order chi connectivity index (χ1) is 11.2. The Morgan fingerprint density at radius 1 is 0.565 bits per heavy atom. The maximum absolute atomic E-state index is 12.8. The summed E-state index contributed by atoms with van der Waals surface area (Å²) in [5, 5.41) is 0. The van der Waals surface area contributed by atoms with Crippen molar-refractivity contribution in [2.75, 3.05) is 0 Å². The summed E-state index contributed by atoms with van der Waals surface area (Å²) in [5.41, 5.74) is 2.27. The van der Waals surface area contributed by atoms with E-state index < -0.39 is 0 Å². The lowest BCUT2D eigenvalue weighted by atomic mass is 9.59. The minimum absolute atomic E-state index is 0.0139. The Labute approximate surface area is 136 Å². The van der Waals surface area contributed by atoms with Gasteiger partial charge in [0.25, 0.3) is 0 Å². The molecule has 0 N–H and O–H groups in total. The molecule has 0 unspecified atom stereocenters. The highest BCUT2D eigenvalue weighted by Crippen LogP contribution is 2.49. The quantitative estimate of drug-likeness (QED) is 0.836. The minimum Gasteiger partial charge on any atom is -0.299 e. The highest BCUT2D eigenvalue weighted by molar-refractivity contribution is 5.93. The van der Waals surface area contributed by atoms with E-state index in [1.54, 1.807) is 0 Å². The molecule has 2 saturated carbocycles. The van der Waals surface area contributed by atoms with Crippen LogP contribution in [-0.4, -0.2) is 11.6 Å². The number of carbonyl (C=O) groups excluding carboxylic acids is 2. The third-order valence-corrected chi connectivity index (χ3v) is 5.60. The number of Topliss-reactive ketones (excluding diaryl/α,β-unsaturated/α-hetero) is 2. The van der Waals surface area contributed by atoms with E-state index in [2.05, 4.69) is 24.3 Å². The topological polar surface area (TPSA) is 34.1 Å². The van der Waals surface area contributed by atoms with E-state index in [0.717, 1.165) is 17.5 Å². The highest BCUT2D eigenvalue weighted by atomic mass is 16.1. The molecule has 4 rings (SSSR count). The van der Waals surface area contributed by atoms with Crippen molar-refractivity contribution in [2.24, 2.45) is 11.8 Å². The molecule has 2 aromatic rings. The Balaban J connectivity index is 1.65. The average molecular weight is 304 g/mol. The van der Waals surface area contributed by atoms with Gasteiger partial charge in [-0.25, -0.2) is 0 Å². The predicted octanol–water partition coefficient (Wildman–Crippen LogP) is 4.12. The number of ketones is 2. The van der Waals surface area contributed by atoms with Gasteiger partial charge in [-0.05, 0) is 17.5 Å². The maximum Gasteiger partial charge on any atom is 0.137 e. The fraction of sp³-hybridized carbons (Fsp3) is 0.333. The van der Waals surface area contributed by atoms with Gasteiger partial charge in [-0.3, -0.25) is 9.59 Å². The first-order valence-electron chi connectivity index (χ1n) is 8.39. The zero-order valence-corrected chi connectivity index (χ0v) is 13.0. The van der Waals surface area contributed by atoms with Crippen LogP contribution in [0.15, 0.2) is 60.7 Å². The molecule has 0 saturated heterocycles. The van der Waals surface area contributed by atoms with Crippen LogP contribution in [0.1, 0.15) is 42.2 Å². The van der Waals surface area contributed by atoms with E-state index in [9.17, 15) is 9.59 Å². The van der Waals surface area contributed by atoms with Crippen molar-refractivity contribution in [3.05, 3.63) is 71.8 Å². The lowest BCUT2D eigenvalue weighted by Crippen LogP contribution is -2.43. The van der Waals surface area contributed by atoms with Gasteiger partial charge in [-0.2, -0.15) is 0 Å². The Hall–Kier alpha value is -2.22. The molecule has 0 heterocycles. The highest BCUT2D eigenvalue weighted by Gasteiger charge is 2.48. The van der Waals surface area contributed by atoms with Crippen LogP contribution in [0, 0.1) is 11.8 Å². The SMILES string of the molecule is O=C1C[C@H](c2ccccc2)[C@H]2C[C@H]1[C@@H](c1ccccc1)CC2=O. The van der Waals surface area contributed by atoms with E-state index in [1.165, 1.54) is 0 Å². The fourth-order valence-corrected chi connectivity index (χ4v) is 4.44. The Morgan fingerprint density at radius 2 is 0.957 bits per heavy atom. The van der Waals surface area contributed by atoms with Gasteiger partial charge in [-0.1, -0.05) is 60.7 Å². The molecule has 2 heteroatoms. The summed E-state index contributed by atoms with van der Waals surface area (Å²) < 4.78 is 0. The van der Waals surface area contributed by atoms with Crippen LogP contribution < -0.4 is 0 Å². The van der Waals surface area contributed by atoms with Gasteiger partial charge in [0.1, 0.15) is 11.6 Å². The van der Waals surface area contributed by atoms with Crippen LogP contribution in [0.2, 0.25) is 0 Å². The van der Waals surface area contributed by atoms with Crippen molar-refractivity contribution < 1.29 is 9.59 Å². The van der Waals surface area contributed by atoms with Gasteiger partial charge in [0.2, 0.25) is 0 Å². The molecule has 0 spiro atoms. The molecule has 0 amide bonds. The molecule has 2 nitrogen and oxygen atoms in total. The van der Waals surface area contributed by atoms with E-state index in [1.807, 2.05) is 36.4 Å². The predicted molar refractivity (Wildman–Crippen MR) is 89.2 cm³/mol. The zero-order chi connectivity index (χ0) is 15.8. The Morgan fingerprint density at radius 3 is 1.35 bits per heavy atom. The number of benzene rings is 2. The molecule has 2 bridgehead atoms. The van der Waals surface area contributed by atoms with Crippen LogP contribution in [0.25, 0.3) is 0 Å². The lowest BCUT2D eigenvalue weighted by Gasteiger charge is -2.42. The van der Waals surface area contributed by atoms with Crippen molar-refractivity contribution in [3.63, 3.8) is 0 Å². The molecule has 4 atom stereocenters. The lowest BCUT2D eigenvalue weighted by molar-refractivity contribution is -0.137. The van der Waals surface area contributed by atoms with Crippen molar-refractivity contribution in [1.29, 1.82) is 0 Å². The number of hydrogen-bond donors (Lipinski definition) is 0. The smallest absolute Gasteiger partial charge is 0.137 e. The van der Waals surface area contributed by atoms with E-state index in [-0.39, 0.29) is 23.7 Å². The van der Waals surface area contributed by atoms with Gasteiger partial charge in [-0.15, -0.1) is 0 Å². The molecule has 0 aliphatic heterocycles. The molecule has 2 aromatic carbocycles. The summed E-state index contributed by atoms with van der Waals surface area (Å²) in [5.74, 6) is 0.835. The summed E-state index contributed by atoms with van der Waals surface area (Å²) in [6.07, 6.45) is 1.74. The summed E-state index contributed by atoms with van der Waals surface area (Å²) in [7, 11) is 0. The van der Waals surface area contributed by atoms with Crippen LogP contribution in [0.3, 0.4) is 0 Å². The minimum atomic E-state index is 0.0139. The normalized spacial score (nSPS) is 30.3.